The zero-order valence-electron chi connectivity index (χ0n) is 8.71. The second kappa shape index (κ2) is 10.6. The topological polar surface area (TPSA) is 37.3 Å². The summed E-state index contributed by atoms with van der Waals surface area (Å²) in [6.45, 7) is 8.34. The highest BCUT2D eigenvalue weighted by molar-refractivity contribution is 5.52. The van der Waals surface area contributed by atoms with Crippen LogP contribution in [0.5, 0.6) is 0 Å². The van der Waals surface area contributed by atoms with Crippen molar-refractivity contribution in [1.82, 2.24) is 0 Å². The zero-order valence-corrected chi connectivity index (χ0v) is 8.71. The lowest BCUT2D eigenvalue weighted by Crippen LogP contribution is -1.96. The molecule has 0 amide bonds. The quantitative estimate of drug-likeness (QED) is 0.664. The molecule has 0 saturated heterocycles. The fourth-order valence-corrected chi connectivity index (χ4v) is 0.225. The summed E-state index contributed by atoms with van der Waals surface area (Å²) in [5.74, 6) is 0.745. The molecule has 12 heavy (non-hydrogen) atoms. The Morgan fingerprint density at radius 1 is 1.25 bits per heavy atom. The monoisotopic (exact) mass is 174 g/mol. The van der Waals surface area contributed by atoms with Gasteiger partial charge in [-0.05, 0) is 12.3 Å². The van der Waals surface area contributed by atoms with Gasteiger partial charge in [-0.1, -0.05) is 34.1 Å². The van der Waals surface area contributed by atoms with Crippen LogP contribution < -0.4 is 0 Å². The summed E-state index contributed by atoms with van der Waals surface area (Å²) < 4.78 is 0. The maximum absolute atomic E-state index is 9.74. The third kappa shape index (κ3) is 12.3. The van der Waals surface area contributed by atoms with E-state index in [2.05, 4.69) is 6.92 Å². The highest BCUT2D eigenvalue weighted by Gasteiger charge is 1.90. The second-order valence-electron chi connectivity index (χ2n) is 3.22. The van der Waals surface area contributed by atoms with Crippen LogP contribution in [0.1, 0.15) is 40.5 Å². The van der Waals surface area contributed by atoms with Crippen molar-refractivity contribution in [1.29, 1.82) is 0 Å². The lowest BCUT2D eigenvalue weighted by Gasteiger charge is -1.98. The standard InChI is InChI=1S/C5H12O.C5H10O/c2*1-3-5(2)4-6/h5-6H,3-4H2,1-2H3;4-5H,3H2,1-2H3. The van der Waals surface area contributed by atoms with Crippen LogP contribution in [0, 0.1) is 11.8 Å². The number of hydrogen-bond acceptors (Lipinski definition) is 2. The van der Waals surface area contributed by atoms with Gasteiger partial charge in [0.25, 0.3) is 0 Å². The van der Waals surface area contributed by atoms with E-state index in [4.69, 9.17) is 5.11 Å². The van der Waals surface area contributed by atoms with Gasteiger partial charge in [0.1, 0.15) is 6.29 Å². The van der Waals surface area contributed by atoms with Crippen molar-refractivity contribution in [3.05, 3.63) is 0 Å². The summed E-state index contributed by atoms with van der Waals surface area (Å²) in [5.41, 5.74) is 0. The van der Waals surface area contributed by atoms with E-state index in [9.17, 15) is 4.79 Å². The van der Waals surface area contributed by atoms with Gasteiger partial charge in [0.15, 0.2) is 0 Å². The number of aliphatic hydroxyl groups is 1. The molecule has 0 rings (SSSR count). The first-order chi connectivity index (χ1) is 5.62. The van der Waals surface area contributed by atoms with E-state index in [-0.39, 0.29) is 5.92 Å². The van der Waals surface area contributed by atoms with E-state index < -0.39 is 0 Å². The van der Waals surface area contributed by atoms with Crippen LogP contribution in [0.3, 0.4) is 0 Å². The zero-order chi connectivity index (χ0) is 9.98. The SMILES string of the molecule is CCC(C)C=O.CCC(C)CO. The molecule has 0 aliphatic carbocycles. The van der Waals surface area contributed by atoms with Crippen molar-refractivity contribution >= 4 is 6.29 Å². The fourth-order valence-electron chi connectivity index (χ4n) is 0.225. The Morgan fingerprint density at radius 3 is 1.75 bits per heavy atom. The van der Waals surface area contributed by atoms with Crippen LogP contribution in [0.4, 0.5) is 0 Å². The average molecular weight is 174 g/mol. The van der Waals surface area contributed by atoms with E-state index in [1.54, 1.807) is 0 Å². The number of carbonyl (C=O) groups is 1. The van der Waals surface area contributed by atoms with Crippen LogP contribution in [0.15, 0.2) is 0 Å². The fraction of sp³-hybridized carbons (Fsp3) is 0.900. The van der Waals surface area contributed by atoms with Crippen LogP contribution >= 0.6 is 0 Å². The second-order valence-corrected chi connectivity index (χ2v) is 3.22. The van der Waals surface area contributed by atoms with E-state index in [1.807, 2.05) is 20.8 Å². The minimum Gasteiger partial charge on any atom is -0.396 e. The molecule has 0 bridgehead atoms. The van der Waals surface area contributed by atoms with Crippen LogP contribution in [0.2, 0.25) is 0 Å². The van der Waals surface area contributed by atoms with Gasteiger partial charge in [-0.15, -0.1) is 0 Å². The Hall–Kier alpha value is -0.370. The van der Waals surface area contributed by atoms with Gasteiger partial charge in [-0.25, -0.2) is 0 Å². The van der Waals surface area contributed by atoms with Crippen molar-refractivity contribution in [2.45, 2.75) is 40.5 Å². The van der Waals surface area contributed by atoms with Gasteiger partial charge < -0.3 is 9.90 Å². The highest BCUT2D eigenvalue weighted by Crippen LogP contribution is 1.95. The van der Waals surface area contributed by atoms with Gasteiger partial charge in [-0.2, -0.15) is 0 Å². The first-order valence-electron chi connectivity index (χ1n) is 4.68. The Bertz CT molecular complexity index is 87.8. The minimum absolute atomic E-state index is 0.255. The van der Waals surface area contributed by atoms with Gasteiger partial charge in [0.05, 0.1) is 0 Å². The molecule has 0 aliphatic rings. The minimum atomic E-state index is 0.255. The number of rotatable bonds is 4. The predicted octanol–water partition coefficient (Wildman–Crippen LogP) is 2.26. The average Bonchev–Trinajstić information content (AvgIpc) is 2.16. The molecule has 0 spiro atoms. The highest BCUT2D eigenvalue weighted by atomic mass is 16.3. The molecule has 74 valence electrons. The van der Waals surface area contributed by atoms with Crippen LogP contribution in [-0.2, 0) is 4.79 Å². The van der Waals surface area contributed by atoms with Crippen molar-refractivity contribution in [3.63, 3.8) is 0 Å². The summed E-state index contributed by atoms with van der Waals surface area (Å²) >= 11 is 0. The number of carbonyl (C=O) groups excluding carboxylic acids is 1. The molecule has 0 heterocycles. The molecule has 2 atom stereocenters. The van der Waals surface area contributed by atoms with Crippen molar-refractivity contribution < 1.29 is 9.90 Å². The molecule has 2 heteroatoms. The summed E-state index contributed by atoms with van der Waals surface area (Å²) in [6, 6.07) is 0. The lowest BCUT2D eigenvalue weighted by atomic mass is 10.1. The summed E-state index contributed by atoms with van der Waals surface area (Å²) in [7, 11) is 0. The summed E-state index contributed by atoms with van der Waals surface area (Å²) in [6.07, 6.45) is 3.01. The Balaban J connectivity index is 0. The first kappa shape index (κ1) is 14.2. The summed E-state index contributed by atoms with van der Waals surface area (Å²) in [4.78, 5) is 9.74. The molecule has 2 nitrogen and oxygen atoms in total. The molecule has 0 fully saturated rings. The molecule has 0 aromatic heterocycles. The van der Waals surface area contributed by atoms with Gasteiger partial charge >= 0.3 is 0 Å². The molecule has 0 saturated carbocycles. The maximum Gasteiger partial charge on any atom is 0.122 e. The van der Waals surface area contributed by atoms with E-state index in [1.165, 1.54) is 0 Å². The van der Waals surface area contributed by atoms with E-state index in [0.717, 1.165) is 19.1 Å². The molecule has 0 aromatic rings. The third-order valence-corrected chi connectivity index (χ3v) is 1.88. The normalized spacial score (nSPS) is 14.1. The Morgan fingerprint density at radius 2 is 1.75 bits per heavy atom. The third-order valence-electron chi connectivity index (χ3n) is 1.88. The molecular formula is C10H22O2. The molecular weight excluding hydrogens is 152 g/mol. The van der Waals surface area contributed by atoms with Crippen molar-refractivity contribution in [2.24, 2.45) is 11.8 Å². The molecule has 0 aliphatic heterocycles. The smallest absolute Gasteiger partial charge is 0.122 e. The number of aliphatic hydroxyl groups excluding tert-OH is 1. The summed E-state index contributed by atoms with van der Waals surface area (Å²) in [5, 5.41) is 8.33. The lowest BCUT2D eigenvalue weighted by molar-refractivity contribution is -0.110. The molecule has 2 unspecified atom stereocenters. The van der Waals surface area contributed by atoms with Crippen molar-refractivity contribution in [2.75, 3.05) is 6.61 Å². The van der Waals surface area contributed by atoms with Gasteiger partial charge in [0.2, 0.25) is 0 Å². The van der Waals surface area contributed by atoms with E-state index in [0.29, 0.717) is 12.5 Å². The van der Waals surface area contributed by atoms with Gasteiger partial charge in [-0.3, -0.25) is 0 Å². The molecule has 1 N–H and O–H groups in total. The Labute approximate surface area is 76.0 Å². The molecule has 0 aromatic carbocycles. The number of aldehydes is 1. The maximum atomic E-state index is 9.74. The van der Waals surface area contributed by atoms with E-state index >= 15 is 0 Å². The van der Waals surface area contributed by atoms with Crippen LogP contribution in [0.25, 0.3) is 0 Å². The van der Waals surface area contributed by atoms with Crippen LogP contribution in [-0.4, -0.2) is 18.0 Å². The predicted molar refractivity (Wildman–Crippen MR) is 52.1 cm³/mol. The first-order valence-corrected chi connectivity index (χ1v) is 4.68. The Kier molecular flexibility index (Phi) is 12.6. The van der Waals surface area contributed by atoms with Crippen molar-refractivity contribution in [3.8, 4) is 0 Å². The largest absolute Gasteiger partial charge is 0.396 e. The molecule has 0 radical (unpaired) electrons. The number of hydrogen-bond donors (Lipinski definition) is 1. The van der Waals surface area contributed by atoms with Gasteiger partial charge in [0, 0.05) is 12.5 Å².